The summed E-state index contributed by atoms with van der Waals surface area (Å²) in [7, 11) is 0. The smallest absolute Gasteiger partial charge is 0.193 e. The van der Waals surface area contributed by atoms with Crippen molar-refractivity contribution in [1.82, 2.24) is 4.98 Å². The summed E-state index contributed by atoms with van der Waals surface area (Å²) in [6, 6.07) is 5.58. The highest BCUT2D eigenvalue weighted by Gasteiger charge is 2.00. The molecule has 0 radical (unpaired) electrons. The molecule has 0 spiro atoms. The van der Waals surface area contributed by atoms with E-state index >= 15 is 0 Å². The predicted octanol–water partition coefficient (Wildman–Crippen LogP) is 2.37. The Bertz CT molecular complexity index is 545. The van der Waals surface area contributed by atoms with Crippen molar-refractivity contribution in [3.05, 3.63) is 35.0 Å². The van der Waals surface area contributed by atoms with E-state index in [9.17, 15) is 4.79 Å². The molecule has 0 unspecified atom stereocenters. The van der Waals surface area contributed by atoms with Crippen molar-refractivity contribution in [2.75, 3.05) is 0 Å². The fraction of sp³-hybridized carbons (Fsp3) is 0. The SMILES string of the molecule is O=CC#Cc1cc2cc[nH]c2cc1Cl. The van der Waals surface area contributed by atoms with Crippen LogP contribution in [0.15, 0.2) is 24.4 Å². The van der Waals surface area contributed by atoms with Gasteiger partial charge in [-0.05, 0) is 24.1 Å². The number of fused-ring (bicyclic) bond motifs is 1. The number of rotatable bonds is 0. The Morgan fingerprint density at radius 3 is 3.07 bits per heavy atom. The largest absolute Gasteiger partial charge is 0.361 e. The zero-order valence-electron chi connectivity index (χ0n) is 7.17. The molecule has 0 aliphatic carbocycles. The van der Waals surface area contributed by atoms with E-state index in [2.05, 4.69) is 16.8 Å². The maximum atomic E-state index is 10.1. The highest BCUT2D eigenvalue weighted by atomic mass is 35.5. The number of H-pyrrole nitrogens is 1. The minimum atomic E-state index is 0.550. The normalized spacial score (nSPS) is 9.50. The molecule has 0 atom stereocenters. The summed E-state index contributed by atoms with van der Waals surface area (Å²) < 4.78 is 0. The Kier molecular flexibility index (Phi) is 2.26. The van der Waals surface area contributed by atoms with Crippen molar-refractivity contribution < 1.29 is 4.79 Å². The molecule has 1 heterocycles. The first-order valence-electron chi connectivity index (χ1n) is 4.03. The van der Waals surface area contributed by atoms with Crippen LogP contribution in [-0.2, 0) is 4.79 Å². The first-order chi connectivity index (χ1) is 6.81. The van der Waals surface area contributed by atoms with Crippen LogP contribution in [0.5, 0.6) is 0 Å². The second kappa shape index (κ2) is 3.57. The van der Waals surface area contributed by atoms with Gasteiger partial charge in [0, 0.05) is 22.7 Å². The maximum Gasteiger partial charge on any atom is 0.193 e. The van der Waals surface area contributed by atoms with Gasteiger partial charge in [0.1, 0.15) is 0 Å². The van der Waals surface area contributed by atoms with Crippen molar-refractivity contribution in [3.8, 4) is 11.8 Å². The van der Waals surface area contributed by atoms with Crippen LogP contribution in [0.25, 0.3) is 10.9 Å². The van der Waals surface area contributed by atoms with E-state index in [-0.39, 0.29) is 0 Å². The third-order valence-electron chi connectivity index (χ3n) is 1.91. The monoisotopic (exact) mass is 203 g/mol. The molecular formula is C11H6ClNO. The second-order valence-electron chi connectivity index (χ2n) is 2.78. The Morgan fingerprint density at radius 2 is 2.29 bits per heavy atom. The summed E-state index contributed by atoms with van der Waals surface area (Å²) in [4.78, 5) is 13.1. The lowest BCUT2D eigenvalue weighted by Gasteiger charge is -1.95. The summed E-state index contributed by atoms with van der Waals surface area (Å²) in [5.74, 6) is 5.02. The number of hydrogen-bond acceptors (Lipinski definition) is 1. The van der Waals surface area contributed by atoms with Crippen LogP contribution < -0.4 is 0 Å². The molecule has 0 amide bonds. The summed E-state index contributed by atoms with van der Waals surface area (Å²) in [6.07, 6.45) is 2.38. The van der Waals surface area contributed by atoms with E-state index in [1.165, 1.54) is 0 Å². The molecule has 0 saturated carbocycles. The molecule has 0 bridgehead atoms. The van der Waals surface area contributed by atoms with Crippen molar-refractivity contribution in [2.24, 2.45) is 0 Å². The molecule has 68 valence electrons. The molecule has 0 aliphatic rings. The van der Waals surface area contributed by atoms with Crippen LogP contribution in [0.4, 0.5) is 0 Å². The van der Waals surface area contributed by atoms with Crippen molar-refractivity contribution in [2.45, 2.75) is 0 Å². The molecule has 14 heavy (non-hydrogen) atoms. The summed E-state index contributed by atoms with van der Waals surface area (Å²) in [5, 5.41) is 1.58. The molecule has 2 nitrogen and oxygen atoms in total. The summed E-state index contributed by atoms with van der Waals surface area (Å²) in [5.41, 5.74) is 1.64. The molecule has 3 heteroatoms. The molecule has 1 N–H and O–H groups in total. The van der Waals surface area contributed by atoms with Gasteiger partial charge in [-0.15, -0.1) is 0 Å². The van der Waals surface area contributed by atoms with Gasteiger partial charge in [-0.3, -0.25) is 4.79 Å². The van der Waals surface area contributed by atoms with Gasteiger partial charge >= 0.3 is 0 Å². The Labute approximate surface area is 85.9 Å². The number of nitrogens with one attached hydrogen (secondary N) is 1. The lowest BCUT2D eigenvalue weighted by Crippen LogP contribution is -1.78. The molecule has 1 aromatic carbocycles. The first kappa shape index (κ1) is 8.86. The predicted molar refractivity (Wildman–Crippen MR) is 56.3 cm³/mol. The number of aldehydes is 1. The van der Waals surface area contributed by atoms with E-state index in [1.807, 2.05) is 18.3 Å². The number of halogens is 1. The zero-order chi connectivity index (χ0) is 9.97. The van der Waals surface area contributed by atoms with Gasteiger partial charge in [-0.25, -0.2) is 0 Å². The average molecular weight is 204 g/mol. The number of benzene rings is 1. The van der Waals surface area contributed by atoms with Crippen LogP contribution in [-0.4, -0.2) is 11.3 Å². The summed E-state index contributed by atoms with van der Waals surface area (Å²) >= 11 is 5.96. The topological polar surface area (TPSA) is 32.9 Å². The number of aromatic nitrogens is 1. The lowest BCUT2D eigenvalue weighted by molar-refractivity contribution is -0.103. The summed E-state index contributed by atoms with van der Waals surface area (Å²) in [6.45, 7) is 0. The van der Waals surface area contributed by atoms with E-state index < -0.39 is 0 Å². The number of aromatic amines is 1. The highest BCUT2D eigenvalue weighted by Crippen LogP contribution is 2.22. The minimum absolute atomic E-state index is 0.550. The van der Waals surface area contributed by atoms with E-state index in [4.69, 9.17) is 11.6 Å². The van der Waals surface area contributed by atoms with Crippen molar-refractivity contribution >= 4 is 28.8 Å². The molecule has 0 fully saturated rings. The maximum absolute atomic E-state index is 10.1. The van der Waals surface area contributed by atoms with Crippen LogP contribution in [0.2, 0.25) is 5.02 Å². The van der Waals surface area contributed by atoms with E-state index in [0.29, 0.717) is 16.9 Å². The lowest BCUT2D eigenvalue weighted by atomic mass is 10.1. The Balaban J connectivity index is 2.64. The van der Waals surface area contributed by atoms with Crippen molar-refractivity contribution in [1.29, 1.82) is 0 Å². The van der Waals surface area contributed by atoms with Gasteiger partial charge in [-0.2, -0.15) is 0 Å². The van der Waals surface area contributed by atoms with Gasteiger partial charge in [0.15, 0.2) is 6.29 Å². The van der Waals surface area contributed by atoms with Crippen LogP contribution in [0.1, 0.15) is 5.56 Å². The van der Waals surface area contributed by atoms with Crippen molar-refractivity contribution in [3.63, 3.8) is 0 Å². The fourth-order valence-corrected chi connectivity index (χ4v) is 1.49. The van der Waals surface area contributed by atoms with Crippen LogP contribution in [0, 0.1) is 11.8 Å². The van der Waals surface area contributed by atoms with E-state index in [0.717, 1.165) is 10.9 Å². The third-order valence-corrected chi connectivity index (χ3v) is 2.22. The number of carbonyl (C=O) groups is 1. The number of carbonyl (C=O) groups excluding carboxylic acids is 1. The quantitative estimate of drug-likeness (QED) is 0.518. The van der Waals surface area contributed by atoms with Gasteiger partial charge in [-0.1, -0.05) is 17.5 Å². The van der Waals surface area contributed by atoms with Crippen LogP contribution in [0.3, 0.4) is 0 Å². The fourth-order valence-electron chi connectivity index (χ4n) is 1.28. The molecule has 0 saturated heterocycles. The second-order valence-corrected chi connectivity index (χ2v) is 3.19. The van der Waals surface area contributed by atoms with Gasteiger partial charge < -0.3 is 4.98 Å². The molecular weight excluding hydrogens is 198 g/mol. The van der Waals surface area contributed by atoms with Gasteiger partial charge in [0.25, 0.3) is 0 Å². The standard InChI is InChI=1S/C11H6ClNO/c12-10-7-11-9(3-4-13-11)6-8(10)2-1-5-14/h3-7,13H. The van der Waals surface area contributed by atoms with Crippen LogP contribution >= 0.6 is 11.6 Å². The Hall–Kier alpha value is -1.72. The molecule has 2 aromatic rings. The van der Waals surface area contributed by atoms with Gasteiger partial charge in [0.2, 0.25) is 0 Å². The molecule has 1 aromatic heterocycles. The molecule has 0 aliphatic heterocycles. The third kappa shape index (κ3) is 1.50. The Morgan fingerprint density at radius 1 is 1.43 bits per heavy atom. The zero-order valence-corrected chi connectivity index (χ0v) is 7.93. The first-order valence-corrected chi connectivity index (χ1v) is 4.41. The van der Waals surface area contributed by atoms with E-state index in [1.54, 1.807) is 6.07 Å². The molecule has 2 rings (SSSR count). The minimum Gasteiger partial charge on any atom is -0.361 e. The van der Waals surface area contributed by atoms with Gasteiger partial charge in [0.05, 0.1) is 5.02 Å². The average Bonchev–Trinajstić information content (AvgIpc) is 2.61. The highest BCUT2D eigenvalue weighted by molar-refractivity contribution is 6.32. The number of hydrogen-bond donors (Lipinski definition) is 1.